The van der Waals surface area contributed by atoms with Gasteiger partial charge in [0.25, 0.3) is 5.91 Å². The summed E-state index contributed by atoms with van der Waals surface area (Å²) in [6.07, 6.45) is 1.10. The summed E-state index contributed by atoms with van der Waals surface area (Å²) < 4.78 is 44.9. The van der Waals surface area contributed by atoms with Crippen LogP contribution in [-0.2, 0) is 23.2 Å². The number of sulfonamides is 1. The molecule has 0 aliphatic rings. The quantitative estimate of drug-likeness (QED) is 0.321. The molecule has 1 amide bonds. The normalized spacial score (nSPS) is 11.1. The van der Waals surface area contributed by atoms with Gasteiger partial charge in [-0.2, -0.15) is 0 Å². The van der Waals surface area contributed by atoms with E-state index in [4.69, 9.17) is 4.74 Å². The second-order valence-electron chi connectivity index (χ2n) is 8.20. The number of amides is 1. The molecule has 4 rings (SSSR count). The SMILES string of the molecule is CS(=O)(=O)N(Cc1ccc(F)cc1)c1ccc(C(=O)Nc2ccc(OCc3ccccc3)cc2)cc1. The van der Waals surface area contributed by atoms with E-state index in [1.807, 2.05) is 30.3 Å². The Morgan fingerprint density at radius 1 is 0.833 bits per heavy atom. The number of hydrogen-bond acceptors (Lipinski definition) is 4. The van der Waals surface area contributed by atoms with Gasteiger partial charge in [-0.15, -0.1) is 0 Å². The molecule has 0 aliphatic heterocycles. The number of benzene rings is 4. The lowest BCUT2D eigenvalue weighted by atomic mass is 10.1. The number of nitrogens with one attached hydrogen (secondary N) is 1. The summed E-state index contributed by atoms with van der Waals surface area (Å²) in [7, 11) is -3.61. The van der Waals surface area contributed by atoms with Gasteiger partial charge in [-0.25, -0.2) is 12.8 Å². The average Bonchev–Trinajstić information content (AvgIpc) is 2.88. The predicted octanol–water partition coefficient (Wildman–Crippen LogP) is 5.62. The molecule has 0 fully saturated rings. The largest absolute Gasteiger partial charge is 0.489 e. The zero-order chi connectivity index (χ0) is 25.5. The van der Waals surface area contributed by atoms with Crippen LogP contribution >= 0.6 is 0 Å². The highest BCUT2D eigenvalue weighted by molar-refractivity contribution is 7.92. The number of rotatable bonds is 9. The molecule has 0 radical (unpaired) electrons. The molecule has 4 aromatic carbocycles. The van der Waals surface area contributed by atoms with Crippen LogP contribution in [0.25, 0.3) is 0 Å². The minimum Gasteiger partial charge on any atom is -0.489 e. The molecule has 0 aliphatic carbocycles. The highest BCUT2D eigenvalue weighted by atomic mass is 32.2. The Balaban J connectivity index is 1.39. The summed E-state index contributed by atoms with van der Waals surface area (Å²) in [5.41, 5.74) is 3.08. The van der Waals surface area contributed by atoms with Crippen molar-refractivity contribution in [1.82, 2.24) is 0 Å². The maximum atomic E-state index is 13.2. The minimum absolute atomic E-state index is 0.0450. The molecule has 4 aromatic rings. The smallest absolute Gasteiger partial charge is 0.255 e. The average molecular weight is 505 g/mol. The zero-order valence-electron chi connectivity index (χ0n) is 19.6. The first-order chi connectivity index (χ1) is 17.3. The van der Waals surface area contributed by atoms with Crippen LogP contribution in [0.5, 0.6) is 5.75 Å². The molecule has 0 bridgehead atoms. The van der Waals surface area contributed by atoms with Crippen LogP contribution in [0.2, 0.25) is 0 Å². The number of hydrogen-bond donors (Lipinski definition) is 1. The first-order valence-corrected chi connectivity index (χ1v) is 13.0. The van der Waals surface area contributed by atoms with Crippen LogP contribution < -0.4 is 14.4 Å². The standard InChI is InChI=1S/C28H25FN2O4S/c1-36(33,34)31(19-21-7-11-24(29)12-8-21)26-15-9-23(10-16-26)28(32)30-25-13-17-27(18-14-25)35-20-22-5-3-2-4-6-22/h2-18H,19-20H2,1H3,(H,30,32). The van der Waals surface area contributed by atoms with E-state index in [2.05, 4.69) is 5.32 Å². The Labute approximate surface area is 210 Å². The molecule has 184 valence electrons. The molecule has 0 atom stereocenters. The number of carbonyl (C=O) groups excluding carboxylic acids is 1. The van der Waals surface area contributed by atoms with Gasteiger partial charge in [0.05, 0.1) is 18.5 Å². The Morgan fingerprint density at radius 3 is 2.08 bits per heavy atom. The number of halogens is 1. The fourth-order valence-electron chi connectivity index (χ4n) is 3.51. The minimum atomic E-state index is -3.61. The molecule has 6 nitrogen and oxygen atoms in total. The van der Waals surface area contributed by atoms with E-state index < -0.39 is 15.8 Å². The fraction of sp³-hybridized carbons (Fsp3) is 0.107. The molecule has 0 heterocycles. The van der Waals surface area contributed by atoms with Crippen molar-refractivity contribution >= 4 is 27.3 Å². The molecule has 0 unspecified atom stereocenters. The monoisotopic (exact) mass is 504 g/mol. The van der Waals surface area contributed by atoms with Crippen LogP contribution in [-0.4, -0.2) is 20.6 Å². The molecule has 1 N–H and O–H groups in total. The molecule has 36 heavy (non-hydrogen) atoms. The Bertz CT molecular complexity index is 1410. The zero-order valence-corrected chi connectivity index (χ0v) is 20.4. The summed E-state index contributed by atoms with van der Waals surface area (Å²) in [4.78, 5) is 12.7. The molecular formula is C28H25FN2O4S. The second-order valence-corrected chi connectivity index (χ2v) is 10.1. The van der Waals surface area contributed by atoms with E-state index >= 15 is 0 Å². The highest BCUT2D eigenvalue weighted by Crippen LogP contribution is 2.23. The van der Waals surface area contributed by atoms with Crippen LogP contribution in [0.3, 0.4) is 0 Å². The second kappa shape index (κ2) is 11.0. The first-order valence-electron chi connectivity index (χ1n) is 11.2. The lowest BCUT2D eigenvalue weighted by Gasteiger charge is -2.22. The highest BCUT2D eigenvalue weighted by Gasteiger charge is 2.18. The molecule has 8 heteroatoms. The van der Waals surface area contributed by atoms with E-state index in [0.717, 1.165) is 11.8 Å². The third-order valence-electron chi connectivity index (χ3n) is 5.42. The Hall–Kier alpha value is -4.17. The topological polar surface area (TPSA) is 75.7 Å². The van der Waals surface area contributed by atoms with Crippen molar-refractivity contribution in [3.05, 3.63) is 126 Å². The van der Waals surface area contributed by atoms with Gasteiger partial charge in [-0.1, -0.05) is 42.5 Å². The summed E-state index contributed by atoms with van der Waals surface area (Å²) in [6.45, 7) is 0.494. The van der Waals surface area contributed by atoms with Crippen molar-refractivity contribution in [2.24, 2.45) is 0 Å². The molecule has 0 saturated carbocycles. The summed E-state index contributed by atoms with van der Waals surface area (Å²) in [6, 6.07) is 28.8. The maximum Gasteiger partial charge on any atom is 0.255 e. The van der Waals surface area contributed by atoms with E-state index in [9.17, 15) is 17.6 Å². The molecule has 0 saturated heterocycles. The predicted molar refractivity (Wildman–Crippen MR) is 139 cm³/mol. The third kappa shape index (κ3) is 6.70. The number of ether oxygens (including phenoxy) is 1. The number of nitrogens with zero attached hydrogens (tertiary/aromatic N) is 1. The Morgan fingerprint density at radius 2 is 1.47 bits per heavy atom. The molecule has 0 spiro atoms. The van der Waals surface area contributed by atoms with E-state index in [-0.39, 0.29) is 12.5 Å². The summed E-state index contributed by atoms with van der Waals surface area (Å²) in [5.74, 6) is -0.0402. The van der Waals surface area contributed by atoms with Gasteiger partial charge < -0.3 is 10.1 Å². The van der Waals surface area contributed by atoms with Gasteiger partial charge in [0, 0.05) is 11.3 Å². The summed E-state index contributed by atoms with van der Waals surface area (Å²) >= 11 is 0. The van der Waals surface area contributed by atoms with Crippen LogP contribution in [0.4, 0.5) is 15.8 Å². The lowest BCUT2D eigenvalue weighted by Crippen LogP contribution is -2.29. The van der Waals surface area contributed by atoms with Crippen molar-refractivity contribution < 1.29 is 22.3 Å². The summed E-state index contributed by atoms with van der Waals surface area (Å²) in [5, 5.41) is 2.82. The molecular weight excluding hydrogens is 479 g/mol. The third-order valence-corrected chi connectivity index (χ3v) is 6.56. The van der Waals surface area contributed by atoms with Crippen LogP contribution in [0.1, 0.15) is 21.5 Å². The van der Waals surface area contributed by atoms with Crippen LogP contribution in [0.15, 0.2) is 103 Å². The number of carbonyl (C=O) groups is 1. The van der Waals surface area contributed by atoms with Gasteiger partial charge in [0.15, 0.2) is 0 Å². The van der Waals surface area contributed by atoms with Crippen molar-refractivity contribution in [3.63, 3.8) is 0 Å². The Kier molecular flexibility index (Phi) is 7.65. The van der Waals surface area contributed by atoms with Gasteiger partial charge in [-0.05, 0) is 71.8 Å². The van der Waals surface area contributed by atoms with E-state index in [1.165, 1.54) is 28.6 Å². The van der Waals surface area contributed by atoms with Crippen molar-refractivity contribution in [2.75, 3.05) is 15.9 Å². The lowest BCUT2D eigenvalue weighted by molar-refractivity contribution is 0.102. The van der Waals surface area contributed by atoms with Crippen LogP contribution in [0, 0.1) is 5.82 Å². The van der Waals surface area contributed by atoms with Crippen molar-refractivity contribution in [2.45, 2.75) is 13.2 Å². The van der Waals surface area contributed by atoms with Gasteiger partial charge in [0.1, 0.15) is 18.2 Å². The molecule has 0 aromatic heterocycles. The van der Waals surface area contributed by atoms with Crippen molar-refractivity contribution in [3.8, 4) is 5.75 Å². The van der Waals surface area contributed by atoms with Gasteiger partial charge in [-0.3, -0.25) is 9.10 Å². The first kappa shape index (κ1) is 24.9. The van der Waals surface area contributed by atoms with Crippen molar-refractivity contribution in [1.29, 1.82) is 0 Å². The maximum absolute atomic E-state index is 13.2. The van der Waals surface area contributed by atoms with E-state index in [1.54, 1.807) is 48.5 Å². The fourth-order valence-corrected chi connectivity index (χ4v) is 4.40. The van der Waals surface area contributed by atoms with Gasteiger partial charge >= 0.3 is 0 Å². The van der Waals surface area contributed by atoms with Gasteiger partial charge in [0.2, 0.25) is 10.0 Å². The van der Waals surface area contributed by atoms with E-state index in [0.29, 0.717) is 34.9 Å². The number of anilines is 2.